The first-order chi connectivity index (χ1) is 5.07. The van der Waals surface area contributed by atoms with Crippen molar-refractivity contribution >= 4 is 22.6 Å². The SMILES string of the molecule is CC(C)CCC(CI)C(C)C. The molecule has 0 aromatic carbocycles. The molecule has 0 radical (unpaired) electrons. The molecule has 0 aromatic heterocycles. The van der Waals surface area contributed by atoms with Gasteiger partial charge < -0.3 is 0 Å². The molecular weight excluding hydrogens is 247 g/mol. The molecule has 0 aliphatic rings. The van der Waals surface area contributed by atoms with Gasteiger partial charge in [0.1, 0.15) is 0 Å². The van der Waals surface area contributed by atoms with Gasteiger partial charge in [0, 0.05) is 4.43 Å². The van der Waals surface area contributed by atoms with Crippen molar-refractivity contribution in [3.05, 3.63) is 0 Å². The first-order valence-electron chi connectivity index (χ1n) is 4.63. The smallest absolute Gasteiger partial charge is 0.00261 e. The molecular formula is C10H21I. The van der Waals surface area contributed by atoms with Gasteiger partial charge in [0.25, 0.3) is 0 Å². The third-order valence-corrected chi connectivity index (χ3v) is 3.39. The summed E-state index contributed by atoms with van der Waals surface area (Å²) in [5.74, 6) is 2.68. The molecule has 1 heteroatoms. The van der Waals surface area contributed by atoms with Crippen LogP contribution in [0.1, 0.15) is 40.5 Å². The minimum Gasteiger partial charge on any atom is -0.0861 e. The van der Waals surface area contributed by atoms with Gasteiger partial charge in [0.05, 0.1) is 0 Å². The van der Waals surface area contributed by atoms with E-state index in [1.807, 2.05) is 0 Å². The van der Waals surface area contributed by atoms with Crippen LogP contribution in [-0.4, -0.2) is 4.43 Å². The summed E-state index contributed by atoms with van der Waals surface area (Å²) in [5.41, 5.74) is 0. The maximum absolute atomic E-state index is 2.51. The fraction of sp³-hybridized carbons (Fsp3) is 1.00. The predicted molar refractivity (Wildman–Crippen MR) is 61.3 cm³/mol. The normalized spacial score (nSPS) is 14.5. The second-order valence-electron chi connectivity index (χ2n) is 4.13. The Balaban J connectivity index is 3.52. The van der Waals surface area contributed by atoms with Crippen molar-refractivity contribution in [2.75, 3.05) is 4.43 Å². The Labute approximate surface area is 85.3 Å². The fourth-order valence-electron chi connectivity index (χ4n) is 1.14. The van der Waals surface area contributed by atoms with Gasteiger partial charge in [-0.3, -0.25) is 0 Å². The highest BCUT2D eigenvalue weighted by Crippen LogP contribution is 2.21. The van der Waals surface area contributed by atoms with Gasteiger partial charge >= 0.3 is 0 Å². The van der Waals surface area contributed by atoms with Crippen LogP contribution in [0.5, 0.6) is 0 Å². The maximum Gasteiger partial charge on any atom is 0.00261 e. The topological polar surface area (TPSA) is 0 Å². The minimum atomic E-state index is 0.866. The summed E-state index contributed by atoms with van der Waals surface area (Å²) in [7, 11) is 0. The van der Waals surface area contributed by atoms with E-state index in [-0.39, 0.29) is 0 Å². The first-order valence-corrected chi connectivity index (χ1v) is 6.16. The van der Waals surface area contributed by atoms with Crippen LogP contribution in [0.2, 0.25) is 0 Å². The Morgan fingerprint density at radius 1 is 1.00 bits per heavy atom. The summed E-state index contributed by atoms with van der Waals surface area (Å²) < 4.78 is 1.32. The zero-order valence-electron chi connectivity index (χ0n) is 8.23. The largest absolute Gasteiger partial charge is 0.0861 e. The summed E-state index contributed by atoms with van der Waals surface area (Å²) in [4.78, 5) is 0. The highest BCUT2D eigenvalue weighted by atomic mass is 127. The summed E-state index contributed by atoms with van der Waals surface area (Å²) in [6.45, 7) is 9.29. The third kappa shape index (κ3) is 5.94. The number of hydrogen-bond acceptors (Lipinski definition) is 0. The van der Waals surface area contributed by atoms with Crippen molar-refractivity contribution in [3.63, 3.8) is 0 Å². The van der Waals surface area contributed by atoms with E-state index in [0.29, 0.717) is 0 Å². The van der Waals surface area contributed by atoms with Gasteiger partial charge in [-0.1, -0.05) is 56.7 Å². The van der Waals surface area contributed by atoms with E-state index in [9.17, 15) is 0 Å². The summed E-state index contributed by atoms with van der Waals surface area (Å²) >= 11 is 2.51. The average Bonchev–Trinajstić information content (AvgIpc) is 1.87. The molecule has 0 aromatic rings. The zero-order valence-corrected chi connectivity index (χ0v) is 10.4. The molecule has 0 spiro atoms. The Hall–Kier alpha value is 0.730. The second-order valence-corrected chi connectivity index (χ2v) is 5.01. The quantitative estimate of drug-likeness (QED) is 0.519. The summed E-state index contributed by atoms with van der Waals surface area (Å²) in [6, 6.07) is 0. The molecule has 0 nitrogen and oxygen atoms in total. The van der Waals surface area contributed by atoms with Gasteiger partial charge in [-0.05, 0) is 24.2 Å². The minimum absolute atomic E-state index is 0.866. The summed E-state index contributed by atoms with van der Waals surface area (Å²) in [5, 5.41) is 0. The van der Waals surface area contributed by atoms with Crippen LogP contribution in [0, 0.1) is 17.8 Å². The Bertz CT molecular complexity index is 86.9. The van der Waals surface area contributed by atoms with E-state index in [1.54, 1.807) is 0 Å². The molecule has 0 aliphatic carbocycles. The van der Waals surface area contributed by atoms with Crippen molar-refractivity contribution < 1.29 is 0 Å². The first kappa shape index (κ1) is 11.7. The molecule has 0 saturated heterocycles. The lowest BCUT2D eigenvalue weighted by Gasteiger charge is -2.18. The van der Waals surface area contributed by atoms with Crippen LogP contribution in [0.25, 0.3) is 0 Å². The van der Waals surface area contributed by atoms with Crippen LogP contribution in [0.15, 0.2) is 0 Å². The third-order valence-electron chi connectivity index (χ3n) is 2.26. The van der Waals surface area contributed by atoms with Gasteiger partial charge in [-0.15, -0.1) is 0 Å². The van der Waals surface area contributed by atoms with E-state index >= 15 is 0 Å². The van der Waals surface area contributed by atoms with E-state index in [2.05, 4.69) is 50.3 Å². The van der Waals surface area contributed by atoms with Crippen LogP contribution in [0.4, 0.5) is 0 Å². The van der Waals surface area contributed by atoms with Crippen molar-refractivity contribution in [2.24, 2.45) is 17.8 Å². The van der Waals surface area contributed by atoms with Gasteiger partial charge in [-0.2, -0.15) is 0 Å². The number of halogens is 1. The number of alkyl halides is 1. The van der Waals surface area contributed by atoms with Crippen LogP contribution < -0.4 is 0 Å². The standard InChI is InChI=1S/C10H21I/c1-8(2)5-6-10(7-11)9(3)4/h8-10H,5-7H2,1-4H3. The van der Waals surface area contributed by atoms with Gasteiger partial charge in [0.2, 0.25) is 0 Å². The van der Waals surface area contributed by atoms with Gasteiger partial charge in [-0.25, -0.2) is 0 Å². The van der Waals surface area contributed by atoms with Crippen LogP contribution in [0.3, 0.4) is 0 Å². The highest BCUT2D eigenvalue weighted by Gasteiger charge is 2.11. The van der Waals surface area contributed by atoms with E-state index in [1.165, 1.54) is 17.3 Å². The fourth-order valence-corrected chi connectivity index (χ4v) is 2.59. The van der Waals surface area contributed by atoms with Crippen molar-refractivity contribution in [1.82, 2.24) is 0 Å². The van der Waals surface area contributed by atoms with Crippen molar-refractivity contribution in [1.29, 1.82) is 0 Å². The average molecular weight is 268 g/mol. The molecule has 68 valence electrons. The van der Waals surface area contributed by atoms with Gasteiger partial charge in [0.15, 0.2) is 0 Å². The molecule has 0 heterocycles. The predicted octanol–water partition coefficient (Wildman–Crippen LogP) is 4.13. The summed E-state index contributed by atoms with van der Waals surface area (Å²) in [6.07, 6.45) is 2.81. The molecule has 0 fully saturated rings. The highest BCUT2D eigenvalue weighted by molar-refractivity contribution is 14.1. The molecule has 0 aliphatic heterocycles. The van der Waals surface area contributed by atoms with E-state index in [0.717, 1.165) is 17.8 Å². The Morgan fingerprint density at radius 3 is 1.82 bits per heavy atom. The molecule has 11 heavy (non-hydrogen) atoms. The Morgan fingerprint density at radius 2 is 1.55 bits per heavy atom. The number of hydrogen-bond donors (Lipinski definition) is 0. The molecule has 0 rings (SSSR count). The monoisotopic (exact) mass is 268 g/mol. The molecule has 1 atom stereocenters. The molecule has 0 N–H and O–H groups in total. The zero-order chi connectivity index (χ0) is 8.85. The lowest BCUT2D eigenvalue weighted by molar-refractivity contribution is 0.368. The number of rotatable bonds is 5. The molecule has 1 unspecified atom stereocenters. The molecule has 0 bridgehead atoms. The van der Waals surface area contributed by atoms with Crippen molar-refractivity contribution in [2.45, 2.75) is 40.5 Å². The van der Waals surface area contributed by atoms with Crippen LogP contribution in [-0.2, 0) is 0 Å². The second kappa shape index (κ2) is 6.27. The maximum atomic E-state index is 2.51. The Kier molecular flexibility index (Phi) is 6.68. The lowest BCUT2D eigenvalue weighted by atomic mass is 9.90. The lowest BCUT2D eigenvalue weighted by Crippen LogP contribution is -2.10. The van der Waals surface area contributed by atoms with Crippen molar-refractivity contribution in [3.8, 4) is 0 Å². The van der Waals surface area contributed by atoms with E-state index in [4.69, 9.17) is 0 Å². The molecule has 0 saturated carbocycles. The van der Waals surface area contributed by atoms with Crippen LogP contribution >= 0.6 is 22.6 Å². The van der Waals surface area contributed by atoms with E-state index < -0.39 is 0 Å². The molecule has 0 amide bonds.